The van der Waals surface area contributed by atoms with E-state index in [1.807, 2.05) is 12.1 Å². The average molecular weight is 197 g/mol. The fraction of sp³-hybridized carbons (Fsp3) is 0.500. The predicted molar refractivity (Wildman–Crippen MR) is 54.1 cm³/mol. The Bertz CT molecular complexity index is 283. The number of pyridine rings is 1. The van der Waals surface area contributed by atoms with Crippen molar-refractivity contribution in [3.05, 3.63) is 29.0 Å². The third-order valence-electron chi connectivity index (χ3n) is 2.56. The molecule has 1 atom stereocenters. The number of likely N-dealkylation sites (N-methyl/N-ethyl adjacent to an activating group) is 1. The molecule has 1 saturated heterocycles. The van der Waals surface area contributed by atoms with Gasteiger partial charge >= 0.3 is 0 Å². The molecule has 1 fully saturated rings. The van der Waals surface area contributed by atoms with Crippen LogP contribution in [0.5, 0.6) is 0 Å². The third-order valence-corrected chi connectivity index (χ3v) is 2.78. The smallest absolute Gasteiger partial charge is 0.0589 e. The normalized spacial score (nSPS) is 23.7. The Morgan fingerprint density at radius 1 is 1.54 bits per heavy atom. The van der Waals surface area contributed by atoms with Crippen LogP contribution in [0.3, 0.4) is 0 Å². The maximum atomic E-state index is 5.77. The summed E-state index contributed by atoms with van der Waals surface area (Å²) >= 11 is 5.77. The van der Waals surface area contributed by atoms with Crippen LogP contribution in [0.1, 0.15) is 18.0 Å². The van der Waals surface area contributed by atoms with Crippen molar-refractivity contribution in [1.29, 1.82) is 0 Å². The minimum absolute atomic E-state index is 0.599. The van der Waals surface area contributed by atoms with Gasteiger partial charge in [-0.2, -0.15) is 0 Å². The minimum Gasteiger partial charge on any atom is -0.306 e. The van der Waals surface area contributed by atoms with E-state index in [9.17, 15) is 0 Å². The molecule has 1 aliphatic heterocycles. The zero-order valence-corrected chi connectivity index (χ0v) is 8.46. The Labute approximate surface area is 83.5 Å². The van der Waals surface area contributed by atoms with Gasteiger partial charge in [0.2, 0.25) is 0 Å². The number of hydrogen-bond acceptors (Lipinski definition) is 2. The van der Waals surface area contributed by atoms with Crippen LogP contribution in [0, 0.1) is 0 Å². The van der Waals surface area contributed by atoms with E-state index < -0.39 is 0 Å². The summed E-state index contributed by atoms with van der Waals surface area (Å²) in [4.78, 5) is 6.67. The van der Waals surface area contributed by atoms with Gasteiger partial charge in [0.1, 0.15) is 0 Å². The molecule has 1 aromatic rings. The Hall–Kier alpha value is -0.600. The monoisotopic (exact) mass is 196 g/mol. The van der Waals surface area contributed by atoms with Crippen LogP contribution in [-0.4, -0.2) is 30.0 Å². The van der Waals surface area contributed by atoms with Crippen molar-refractivity contribution in [3.8, 4) is 0 Å². The molecule has 0 N–H and O–H groups in total. The fourth-order valence-corrected chi connectivity index (χ4v) is 1.92. The average Bonchev–Trinajstić information content (AvgIpc) is 2.53. The Morgan fingerprint density at radius 2 is 2.38 bits per heavy atom. The van der Waals surface area contributed by atoms with Crippen LogP contribution in [-0.2, 0) is 0 Å². The molecule has 2 heterocycles. The highest BCUT2D eigenvalue weighted by Gasteiger charge is 2.21. The van der Waals surface area contributed by atoms with Gasteiger partial charge in [0.05, 0.1) is 5.02 Å². The molecule has 0 aromatic carbocycles. The zero-order valence-electron chi connectivity index (χ0n) is 7.70. The van der Waals surface area contributed by atoms with Crippen molar-refractivity contribution >= 4 is 11.6 Å². The van der Waals surface area contributed by atoms with Crippen molar-refractivity contribution < 1.29 is 0 Å². The van der Waals surface area contributed by atoms with Crippen LogP contribution in [0.2, 0.25) is 5.02 Å². The van der Waals surface area contributed by atoms with Crippen molar-refractivity contribution in [2.24, 2.45) is 0 Å². The molecule has 1 aliphatic rings. The maximum Gasteiger partial charge on any atom is 0.0589 e. The number of halogens is 1. The van der Waals surface area contributed by atoms with Crippen LogP contribution >= 0.6 is 11.6 Å². The van der Waals surface area contributed by atoms with Gasteiger partial charge in [-0.1, -0.05) is 11.6 Å². The lowest BCUT2D eigenvalue weighted by Gasteiger charge is -2.09. The van der Waals surface area contributed by atoms with E-state index in [4.69, 9.17) is 11.6 Å². The molecule has 0 saturated carbocycles. The first-order valence-corrected chi connectivity index (χ1v) is 4.93. The van der Waals surface area contributed by atoms with Gasteiger partial charge < -0.3 is 4.90 Å². The van der Waals surface area contributed by atoms with Crippen molar-refractivity contribution in [2.75, 3.05) is 20.1 Å². The summed E-state index contributed by atoms with van der Waals surface area (Å²) < 4.78 is 0. The molecule has 1 aromatic heterocycles. The summed E-state index contributed by atoms with van der Waals surface area (Å²) in [5.74, 6) is 0.599. The highest BCUT2D eigenvalue weighted by Crippen LogP contribution is 2.24. The van der Waals surface area contributed by atoms with Crippen molar-refractivity contribution in [3.63, 3.8) is 0 Å². The van der Waals surface area contributed by atoms with Crippen molar-refractivity contribution in [2.45, 2.75) is 12.3 Å². The third kappa shape index (κ3) is 2.01. The van der Waals surface area contributed by atoms with Crippen LogP contribution in [0.4, 0.5) is 0 Å². The predicted octanol–water partition coefficient (Wildman–Crippen LogP) is 2.15. The molecule has 0 radical (unpaired) electrons. The lowest BCUT2D eigenvalue weighted by molar-refractivity contribution is 0.410. The number of hydrogen-bond donors (Lipinski definition) is 0. The van der Waals surface area contributed by atoms with Gasteiger partial charge in [-0.05, 0) is 32.1 Å². The van der Waals surface area contributed by atoms with E-state index in [-0.39, 0.29) is 0 Å². The summed E-state index contributed by atoms with van der Waals surface area (Å²) in [7, 11) is 2.15. The summed E-state index contributed by atoms with van der Waals surface area (Å²) in [6, 6.07) is 3.95. The molecule has 70 valence electrons. The van der Waals surface area contributed by atoms with E-state index in [0.717, 1.165) is 11.6 Å². The molecule has 2 nitrogen and oxygen atoms in total. The van der Waals surface area contributed by atoms with Crippen LogP contribution in [0.15, 0.2) is 18.3 Å². The first kappa shape index (κ1) is 8.97. The SMILES string of the molecule is CN1CCC(c2ccc(Cl)cn2)C1. The second-order valence-electron chi connectivity index (χ2n) is 3.65. The molecule has 0 amide bonds. The quantitative estimate of drug-likeness (QED) is 0.685. The lowest BCUT2D eigenvalue weighted by Crippen LogP contribution is -2.13. The second-order valence-corrected chi connectivity index (χ2v) is 4.09. The number of likely N-dealkylation sites (tertiary alicyclic amines) is 1. The zero-order chi connectivity index (χ0) is 9.26. The molecular weight excluding hydrogens is 184 g/mol. The topological polar surface area (TPSA) is 16.1 Å². The summed E-state index contributed by atoms with van der Waals surface area (Å²) in [5, 5.41) is 0.718. The molecule has 0 aliphatic carbocycles. The highest BCUT2D eigenvalue weighted by atomic mass is 35.5. The first-order chi connectivity index (χ1) is 6.25. The van der Waals surface area contributed by atoms with E-state index in [2.05, 4.69) is 16.9 Å². The molecular formula is C10H13ClN2. The van der Waals surface area contributed by atoms with Gasteiger partial charge in [-0.3, -0.25) is 4.98 Å². The Balaban J connectivity index is 2.13. The highest BCUT2D eigenvalue weighted by molar-refractivity contribution is 6.30. The Kier molecular flexibility index (Phi) is 2.51. The minimum atomic E-state index is 0.599. The summed E-state index contributed by atoms with van der Waals surface area (Å²) in [6.07, 6.45) is 2.94. The second kappa shape index (κ2) is 3.64. The largest absolute Gasteiger partial charge is 0.306 e. The van der Waals surface area contributed by atoms with Crippen LogP contribution < -0.4 is 0 Å². The fourth-order valence-electron chi connectivity index (χ4n) is 1.81. The summed E-state index contributed by atoms with van der Waals surface area (Å²) in [6.45, 7) is 2.30. The van der Waals surface area contributed by atoms with E-state index in [1.54, 1.807) is 6.20 Å². The van der Waals surface area contributed by atoms with Gasteiger partial charge in [0.25, 0.3) is 0 Å². The van der Waals surface area contributed by atoms with E-state index >= 15 is 0 Å². The van der Waals surface area contributed by atoms with Gasteiger partial charge in [0.15, 0.2) is 0 Å². The number of rotatable bonds is 1. The lowest BCUT2D eigenvalue weighted by atomic mass is 10.0. The van der Waals surface area contributed by atoms with Crippen molar-refractivity contribution in [1.82, 2.24) is 9.88 Å². The van der Waals surface area contributed by atoms with E-state index in [0.29, 0.717) is 5.92 Å². The van der Waals surface area contributed by atoms with E-state index in [1.165, 1.54) is 18.7 Å². The van der Waals surface area contributed by atoms with Gasteiger partial charge in [-0.25, -0.2) is 0 Å². The van der Waals surface area contributed by atoms with Gasteiger partial charge in [0, 0.05) is 24.4 Å². The molecule has 0 bridgehead atoms. The van der Waals surface area contributed by atoms with Crippen LogP contribution in [0.25, 0.3) is 0 Å². The molecule has 13 heavy (non-hydrogen) atoms. The molecule has 3 heteroatoms. The molecule has 2 rings (SSSR count). The summed E-state index contributed by atoms with van der Waals surface area (Å²) in [5.41, 5.74) is 1.17. The Morgan fingerprint density at radius 3 is 2.92 bits per heavy atom. The number of aromatic nitrogens is 1. The molecule has 0 spiro atoms. The number of nitrogens with zero attached hydrogens (tertiary/aromatic N) is 2. The molecule has 1 unspecified atom stereocenters. The van der Waals surface area contributed by atoms with Gasteiger partial charge in [-0.15, -0.1) is 0 Å². The first-order valence-electron chi connectivity index (χ1n) is 4.55. The maximum absolute atomic E-state index is 5.77. The standard InChI is InChI=1S/C10H13ClN2/c1-13-5-4-8(7-13)10-3-2-9(11)6-12-10/h2-3,6,8H,4-5,7H2,1H3.